The number of hydrogen-bond donors (Lipinski definition) is 1. The molecule has 1 rings (SSSR count). The molecule has 2 unspecified atom stereocenters. The van der Waals surface area contributed by atoms with Crippen molar-refractivity contribution in [3.8, 4) is 0 Å². The van der Waals surface area contributed by atoms with Crippen LogP contribution in [0.5, 0.6) is 0 Å². The third-order valence-corrected chi connectivity index (χ3v) is 4.81. The summed E-state index contributed by atoms with van der Waals surface area (Å²) in [5.74, 6) is 0.862. The molecule has 1 aliphatic carbocycles. The molecule has 18 heavy (non-hydrogen) atoms. The summed E-state index contributed by atoms with van der Waals surface area (Å²) >= 11 is 0. The Balaban J connectivity index is 2.41. The third kappa shape index (κ3) is 6.78. The molecule has 108 valence electrons. The average Bonchev–Trinajstić information content (AvgIpc) is 2.35. The smallest absolute Gasteiger partial charge is 0.00231 e. The highest BCUT2D eigenvalue weighted by atomic mass is 14.6. The molecule has 1 saturated carbocycles. The van der Waals surface area contributed by atoms with Gasteiger partial charge < -0.3 is 5.73 Å². The quantitative estimate of drug-likeness (QED) is 0.676. The second-order valence-electron chi connectivity index (χ2n) is 7.04. The van der Waals surface area contributed by atoms with E-state index >= 15 is 0 Å². The van der Waals surface area contributed by atoms with Crippen molar-refractivity contribution >= 4 is 0 Å². The summed E-state index contributed by atoms with van der Waals surface area (Å²) < 4.78 is 0. The molecule has 0 aromatic carbocycles. The summed E-state index contributed by atoms with van der Waals surface area (Å²) in [5, 5.41) is 0. The van der Waals surface area contributed by atoms with Gasteiger partial charge in [-0.15, -0.1) is 0 Å². The zero-order valence-corrected chi connectivity index (χ0v) is 12.8. The Morgan fingerprint density at radius 3 is 1.94 bits per heavy atom. The summed E-state index contributed by atoms with van der Waals surface area (Å²) in [6.07, 6.45) is 17.1. The highest BCUT2D eigenvalue weighted by Gasteiger charge is 2.24. The van der Waals surface area contributed by atoms with Crippen LogP contribution in [0.1, 0.15) is 90.9 Å². The summed E-state index contributed by atoms with van der Waals surface area (Å²) in [5.41, 5.74) is 6.44. The third-order valence-electron chi connectivity index (χ3n) is 4.81. The standard InChI is InChI=1S/C17H35N/c1-16-12-10-8-6-4-3-5-7-9-11-13-17(2,14-16)15-18/h16H,3-15,18H2,1-2H3. The SMILES string of the molecule is CC1CCCCCCCCCCCC(C)(CN)C1. The minimum atomic E-state index is 0.406. The Morgan fingerprint density at radius 1 is 0.889 bits per heavy atom. The van der Waals surface area contributed by atoms with Gasteiger partial charge in [0.1, 0.15) is 0 Å². The maximum absolute atomic E-state index is 6.04. The van der Waals surface area contributed by atoms with E-state index < -0.39 is 0 Å². The highest BCUT2D eigenvalue weighted by Crippen LogP contribution is 2.33. The summed E-state index contributed by atoms with van der Waals surface area (Å²) in [6.45, 7) is 5.71. The maximum Gasteiger partial charge on any atom is -0.00231 e. The van der Waals surface area contributed by atoms with Crippen molar-refractivity contribution in [2.45, 2.75) is 90.9 Å². The van der Waals surface area contributed by atoms with Gasteiger partial charge in [0.25, 0.3) is 0 Å². The van der Waals surface area contributed by atoms with Gasteiger partial charge in [0.15, 0.2) is 0 Å². The zero-order valence-electron chi connectivity index (χ0n) is 12.8. The lowest BCUT2D eigenvalue weighted by Crippen LogP contribution is -2.29. The molecule has 2 N–H and O–H groups in total. The van der Waals surface area contributed by atoms with Crippen LogP contribution in [0.3, 0.4) is 0 Å². The molecule has 1 aliphatic rings. The van der Waals surface area contributed by atoms with Crippen molar-refractivity contribution in [3.05, 3.63) is 0 Å². The second kappa shape index (κ2) is 8.96. The average molecular weight is 253 g/mol. The molecule has 0 heterocycles. The number of rotatable bonds is 1. The van der Waals surface area contributed by atoms with Crippen LogP contribution in [0, 0.1) is 11.3 Å². The van der Waals surface area contributed by atoms with Crippen molar-refractivity contribution in [1.29, 1.82) is 0 Å². The van der Waals surface area contributed by atoms with Gasteiger partial charge in [0.05, 0.1) is 0 Å². The molecule has 1 fully saturated rings. The molecule has 1 nitrogen and oxygen atoms in total. The Labute approximate surface area is 115 Å². The van der Waals surface area contributed by atoms with Gasteiger partial charge in [-0.25, -0.2) is 0 Å². The van der Waals surface area contributed by atoms with E-state index in [0.717, 1.165) is 12.5 Å². The van der Waals surface area contributed by atoms with Gasteiger partial charge in [-0.2, -0.15) is 0 Å². The molecular formula is C17H35N. The van der Waals surface area contributed by atoms with Gasteiger partial charge in [-0.05, 0) is 30.7 Å². The zero-order chi connectivity index (χ0) is 13.3. The Kier molecular flexibility index (Phi) is 7.97. The van der Waals surface area contributed by atoms with E-state index in [4.69, 9.17) is 5.73 Å². The molecule has 0 aromatic rings. The molecule has 0 saturated heterocycles. The van der Waals surface area contributed by atoms with Gasteiger partial charge in [-0.1, -0.05) is 78.1 Å². The predicted molar refractivity (Wildman–Crippen MR) is 81.7 cm³/mol. The molecule has 0 aliphatic heterocycles. The van der Waals surface area contributed by atoms with Gasteiger partial charge in [-0.3, -0.25) is 0 Å². The van der Waals surface area contributed by atoms with Crippen molar-refractivity contribution in [1.82, 2.24) is 0 Å². The van der Waals surface area contributed by atoms with E-state index in [9.17, 15) is 0 Å². The van der Waals surface area contributed by atoms with Gasteiger partial charge >= 0.3 is 0 Å². The van der Waals surface area contributed by atoms with Crippen LogP contribution >= 0.6 is 0 Å². The number of hydrogen-bond acceptors (Lipinski definition) is 1. The molecular weight excluding hydrogens is 218 g/mol. The maximum atomic E-state index is 6.04. The summed E-state index contributed by atoms with van der Waals surface area (Å²) in [4.78, 5) is 0. The topological polar surface area (TPSA) is 26.0 Å². The molecule has 0 radical (unpaired) electrons. The first-order valence-corrected chi connectivity index (χ1v) is 8.36. The normalized spacial score (nSPS) is 33.8. The molecule has 0 aromatic heterocycles. The molecule has 1 heteroatoms. The van der Waals surface area contributed by atoms with Crippen molar-refractivity contribution in [2.24, 2.45) is 17.1 Å². The lowest BCUT2D eigenvalue weighted by Gasteiger charge is -2.31. The molecule has 0 amide bonds. The summed E-state index contributed by atoms with van der Waals surface area (Å²) in [6, 6.07) is 0. The van der Waals surface area contributed by atoms with Crippen LogP contribution in [0.2, 0.25) is 0 Å². The van der Waals surface area contributed by atoms with Crippen LogP contribution in [0.25, 0.3) is 0 Å². The minimum absolute atomic E-state index is 0.406. The van der Waals surface area contributed by atoms with E-state index in [1.807, 2.05) is 0 Å². The van der Waals surface area contributed by atoms with Crippen LogP contribution < -0.4 is 5.73 Å². The van der Waals surface area contributed by atoms with Crippen LogP contribution in [-0.2, 0) is 0 Å². The van der Waals surface area contributed by atoms with E-state index in [1.165, 1.54) is 77.0 Å². The first kappa shape index (κ1) is 16.0. The molecule has 2 atom stereocenters. The van der Waals surface area contributed by atoms with Crippen molar-refractivity contribution in [2.75, 3.05) is 6.54 Å². The Bertz CT molecular complexity index is 202. The van der Waals surface area contributed by atoms with Crippen molar-refractivity contribution in [3.63, 3.8) is 0 Å². The fraction of sp³-hybridized carbons (Fsp3) is 1.00. The van der Waals surface area contributed by atoms with Gasteiger partial charge in [0, 0.05) is 0 Å². The lowest BCUT2D eigenvalue weighted by molar-refractivity contribution is 0.220. The predicted octanol–water partition coefficient (Wildman–Crippen LogP) is 5.28. The van der Waals surface area contributed by atoms with E-state index in [1.54, 1.807) is 0 Å². The highest BCUT2D eigenvalue weighted by molar-refractivity contribution is 4.78. The van der Waals surface area contributed by atoms with E-state index in [2.05, 4.69) is 13.8 Å². The van der Waals surface area contributed by atoms with Crippen LogP contribution in [-0.4, -0.2) is 6.54 Å². The number of nitrogens with two attached hydrogens (primary N) is 1. The van der Waals surface area contributed by atoms with E-state index in [0.29, 0.717) is 5.41 Å². The van der Waals surface area contributed by atoms with Gasteiger partial charge in [0.2, 0.25) is 0 Å². The van der Waals surface area contributed by atoms with Crippen LogP contribution in [0.15, 0.2) is 0 Å². The first-order chi connectivity index (χ1) is 8.66. The van der Waals surface area contributed by atoms with E-state index in [-0.39, 0.29) is 0 Å². The fourth-order valence-corrected chi connectivity index (χ4v) is 3.51. The lowest BCUT2D eigenvalue weighted by atomic mass is 9.76. The Hall–Kier alpha value is -0.0400. The minimum Gasteiger partial charge on any atom is -0.330 e. The first-order valence-electron chi connectivity index (χ1n) is 8.36. The summed E-state index contributed by atoms with van der Waals surface area (Å²) in [7, 11) is 0. The molecule has 0 bridgehead atoms. The van der Waals surface area contributed by atoms with Crippen LogP contribution in [0.4, 0.5) is 0 Å². The largest absolute Gasteiger partial charge is 0.330 e. The van der Waals surface area contributed by atoms with Crippen molar-refractivity contribution < 1.29 is 0 Å². The second-order valence-corrected chi connectivity index (χ2v) is 7.04. The monoisotopic (exact) mass is 253 g/mol. The molecule has 0 spiro atoms. The fourth-order valence-electron chi connectivity index (χ4n) is 3.51. The Morgan fingerprint density at radius 2 is 1.39 bits per heavy atom.